The molecular weight excluding hydrogens is 270 g/mol. The molecule has 1 N–H and O–H groups in total. The van der Waals surface area contributed by atoms with Crippen LogP contribution in [0.5, 0.6) is 11.5 Å². The van der Waals surface area contributed by atoms with E-state index in [4.69, 9.17) is 14.0 Å². The van der Waals surface area contributed by atoms with Crippen molar-refractivity contribution in [3.8, 4) is 22.9 Å². The van der Waals surface area contributed by atoms with Crippen LogP contribution in [0.4, 0.5) is 0 Å². The maximum Gasteiger partial charge on any atom is 0.244 e. The van der Waals surface area contributed by atoms with Crippen molar-refractivity contribution >= 4 is 0 Å². The monoisotopic (exact) mass is 289 g/mol. The van der Waals surface area contributed by atoms with Gasteiger partial charge in [0.2, 0.25) is 11.7 Å². The molecule has 0 radical (unpaired) electrons. The third kappa shape index (κ3) is 2.58. The van der Waals surface area contributed by atoms with E-state index in [1.54, 1.807) is 14.2 Å². The molecule has 1 fully saturated rings. The summed E-state index contributed by atoms with van der Waals surface area (Å²) < 4.78 is 15.9. The number of methoxy groups -OCH3 is 2. The standard InChI is InChI=1S/C15H19N3O3/c1-9-6-7-16-13(9)15-17-14(18-21-15)10-4-5-11(19-2)12(8-10)20-3/h4-5,8-9,13,16H,6-7H2,1-3H3. The van der Waals surface area contributed by atoms with Gasteiger partial charge in [-0.05, 0) is 37.1 Å². The van der Waals surface area contributed by atoms with E-state index in [0.29, 0.717) is 29.1 Å². The van der Waals surface area contributed by atoms with Crippen LogP contribution in [-0.2, 0) is 0 Å². The first-order valence-corrected chi connectivity index (χ1v) is 7.02. The van der Waals surface area contributed by atoms with Gasteiger partial charge in [0.15, 0.2) is 11.5 Å². The summed E-state index contributed by atoms with van der Waals surface area (Å²) in [6.07, 6.45) is 1.12. The molecular formula is C15H19N3O3. The number of rotatable bonds is 4. The molecule has 2 aromatic rings. The Morgan fingerprint density at radius 3 is 2.71 bits per heavy atom. The van der Waals surface area contributed by atoms with Gasteiger partial charge in [-0.2, -0.15) is 4.98 Å². The van der Waals surface area contributed by atoms with Crippen LogP contribution in [0.2, 0.25) is 0 Å². The van der Waals surface area contributed by atoms with E-state index in [0.717, 1.165) is 18.5 Å². The van der Waals surface area contributed by atoms with E-state index in [1.165, 1.54) is 0 Å². The molecule has 0 amide bonds. The largest absolute Gasteiger partial charge is 0.493 e. The zero-order chi connectivity index (χ0) is 14.8. The molecule has 1 aromatic carbocycles. The SMILES string of the molecule is COc1ccc(-c2noc(C3NCCC3C)n2)cc1OC. The van der Waals surface area contributed by atoms with Crippen molar-refractivity contribution in [3.63, 3.8) is 0 Å². The second-order valence-corrected chi connectivity index (χ2v) is 5.22. The fourth-order valence-corrected chi connectivity index (χ4v) is 2.62. The van der Waals surface area contributed by atoms with Gasteiger partial charge < -0.3 is 19.3 Å². The van der Waals surface area contributed by atoms with E-state index in [2.05, 4.69) is 22.4 Å². The first kappa shape index (κ1) is 13.9. The fraction of sp³-hybridized carbons (Fsp3) is 0.467. The highest BCUT2D eigenvalue weighted by molar-refractivity contribution is 5.60. The highest BCUT2D eigenvalue weighted by atomic mass is 16.5. The second-order valence-electron chi connectivity index (χ2n) is 5.22. The Balaban J connectivity index is 1.89. The maximum absolute atomic E-state index is 5.41. The number of hydrogen-bond acceptors (Lipinski definition) is 6. The van der Waals surface area contributed by atoms with Gasteiger partial charge in [0.1, 0.15) is 0 Å². The average Bonchev–Trinajstić information content (AvgIpc) is 3.15. The molecule has 1 aromatic heterocycles. The van der Waals surface area contributed by atoms with E-state index in [-0.39, 0.29) is 6.04 Å². The molecule has 1 aliphatic rings. The predicted octanol–water partition coefficient (Wildman–Crippen LogP) is 2.42. The van der Waals surface area contributed by atoms with Crippen molar-refractivity contribution in [2.75, 3.05) is 20.8 Å². The number of nitrogens with one attached hydrogen (secondary N) is 1. The number of hydrogen-bond donors (Lipinski definition) is 1. The van der Waals surface area contributed by atoms with Crippen LogP contribution in [0, 0.1) is 5.92 Å². The molecule has 0 bridgehead atoms. The van der Waals surface area contributed by atoms with Gasteiger partial charge in [-0.1, -0.05) is 12.1 Å². The molecule has 2 unspecified atom stereocenters. The minimum atomic E-state index is 0.145. The van der Waals surface area contributed by atoms with E-state index < -0.39 is 0 Å². The molecule has 1 aliphatic heterocycles. The quantitative estimate of drug-likeness (QED) is 0.932. The Kier molecular flexibility index (Phi) is 3.79. The molecule has 0 saturated carbocycles. The Morgan fingerprint density at radius 1 is 1.24 bits per heavy atom. The smallest absolute Gasteiger partial charge is 0.244 e. The summed E-state index contributed by atoms with van der Waals surface area (Å²) in [7, 11) is 3.21. The van der Waals surface area contributed by atoms with Crippen LogP contribution in [0.25, 0.3) is 11.4 Å². The van der Waals surface area contributed by atoms with Crippen LogP contribution in [0.15, 0.2) is 22.7 Å². The van der Waals surface area contributed by atoms with Crippen LogP contribution >= 0.6 is 0 Å². The molecule has 2 heterocycles. The van der Waals surface area contributed by atoms with Crippen molar-refractivity contribution in [1.29, 1.82) is 0 Å². The summed E-state index contributed by atoms with van der Waals surface area (Å²) in [6, 6.07) is 5.72. The zero-order valence-corrected chi connectivity index (χ0v) is 12.4. The van der Waals surface area contributed by atoms with Gasteiger partial charge in [0, 0.05) is 5.56 Å². The lowest BCUT2D eigenvalue weighted by Gasteiger charge is -2.09. The van der Waals surface area contributed by atoms with Crippen LogP contribution in [0.3, 0.4) is 0 Å². The van der Waals surface area contributed by atoms with Gasteiger partial charge in [0.05, 0.1) is 20.3 Å². The average molecular weight is 289 g/mol. The normalized spacial score (nSPS) is 21.5. The molecule has 112 valence electrons. The molecule has 2 atom stereocenters. The summed E-state index contributed by atoms with van der Waals surface area (Å²) in [5, 5.41) is 7.46. The van der Waals surface area contributed by atoms with E-state index in [1.807, 2.05) is 18.2 Å². The van der Waals surface area contributed by atoms with Crippen molar-refractivity contribution in [2.24, 2.45) is 5.92 Å². The summed E-state index contributed by atoms with van der Waals surface area (Å²) in [5.41, 5.74) is 0.841. The Bertz CT molecular complexity index is 626. The zero-order valence-electron chi connectivity index (χ0n) is 12.4. The van der Waals surface area contributed by atoms with Crippen molar-refractivity contribution < 1.29 is 14.0 Å². The first-order valence-electron chi connectivity index (χ1n) is 7.02. The van der Waals surface area contributed by atoms with E-state index in [9.17, 15) is 0 Å². The predicted molar refractivity (Wildman–Crippen MR) is 77.4 cm³/mol. The van der Waals surface area contributed by atoms with Crippen LogP contribution in [0.1, 0.15) is 25.3 Å². The van der Waals surface area contributed by atoms with Crippen LogP contribution in [-0.4, -0.2) is 30.9 Å². The molecule has 21 heavy (non-hydrogen) atoms. The lowest BCUT2D eigenvalue weighted by molar-refractivity contribution is 0.319. The summed E-state index contributed by atoms with van der Waals surface area (Å²) in [6.45, 7) is 3.17. The molecule has 6 heteroatoms. The Labute approximate surface area is 123 Å². The number of ether oxygens (including phenoxy) is 2. The van der Waals surface area contributed by atoms with Gasteiger partial charge >= 0.3 is 0 Å². The second kappa shape index (κ2) is 5.73. The van der Waals surface area contributed by atoms with Crippen LogP contribution < -0.4 is 14.8 Å². The third-order valence-electron chi connectivity index (χ3n) is 3.88. The number of benzene rings is 1. The molecule has 0 spiro atoms. The highest BCUT2D eigenvalue weighted by Gasteiger charge is 2.29. The third-order valence-corrected chi connectivity index (χ3v) is 3.88. The Morgan fingerprint density at radius 2 is 2.05 bits per heavy atom. The molecule has 1 saturated heterocycles. The summed E-state index contributed by atoms with van der Waals surface area (Å²) >= 11 is 0. The minimum absolute atomic E-state index is 0.145. The van der Waals surface area contributed by atoms with Gasteiger partial charge in [-0.3, -0.25) is 0 Å². The van der Waals surface area contributed by atoms with Gasteiger partial charge in [-0.25, -0.2) is 0 Å². The van der Waals surface area contributed by atoms with Gasteiger partial charge in [0.25, 0.3) is 0 Å². The van der Waals surface area contributed by atoms with Gasteiger partial charge in [-0.15, -0.1) is 0 Å². The number of aromatic nitrogens is 2. The summed E-state index contributed by atoms with van der Waals surface area (Å²) in [5.74, 6) is 3.03. The maximum atomic E-state index is 5.41. The molecule has 0 aliphatic carbocycles. The molecule has 6 nitrogen and oxygen atoms in total. The topological polar surface area (TPSA) is 69.4 Å². The van der Waals surface area contributed by atoms with Crippen molar-refractivity contribution in [2.45, 2.75) is 19.4 Å². The molecule has 3 rings (SSSR count). The fourth-order valence-electron chi connectivity index (χ4n) is 2.62. The van der Waals surface area contributed by atoms with Crippen molar-refractivity contribution in [3.05, 3.63) is 24.1 Å². The lowest BCUT2D eigenvalue weighted by Crippen LogP contribution is -2.16. The van der Waals surface area contributed by atoms with Crippen molar-refractivity contribution in [1.82, 2.24) is 15.5 Å². The summed E-state index contributed by atoms with van der Waals surface area (Å²) in [4.78, 5) is 4.51. The number of nitrogens with zero attached hydrogens (tertiary/aromatic N) is 2. The first-order chi connectivity index (χ1) is 10.2. The Hall–Kier alpha value is -2.08. The lowest BCUT2D eigenvalue weighted by atomic mass is 10.0. The minimum Gasteiger partial charge on any atom is -0.493 e. The van der Waals surface area contributed by atoms with E-state index >= 15 is 0 Å². The highest BCUT2D eigenvalue weighted by Crippen LogP contribution is 2.33.